The van der Waals surface area contributed by atoms with Crippen LogP contribution in [0.3, 0.4) is 0 Å². The Balaban J connectivity index is 0.00000144. The highest BCUT2D eigenvalue weighted by Crippen LogP contribution is 2.29. The number of hydrogen-bond donors (Lipinski definition) is 1. The van der Waals surface area contributed by atoms with Gasteiger partial charge in [-0.1, -0.05) is 19.8 Å². The average molecular weight is 395 g/mol. The van der Waals surface area contributed by atoms with Crippen LogP contribution in [-0.2, 0) is 17.8 Å². The van der Waals surface area contributed by atoms with Crippen molar-refractivity contribution >= 4 is 42.1 Å². The average Bonchev–Trinajstić information content (AvgIpc) is 3.17. The van der Waals surface area contributed by atoms with E-state index in [0.29, 0.717) is 0 Å². The molecule has 1 aromatic rings. The number of carbonyl (C=O) groups excluding carboxylic acids is 1. The number of hydrogen-bond acceptors (Lipinski definition) is 5. The van der Waals surface area contributed by atoms with Gasteiger partial charge >= 0.3 is 0 Å². The van der Waals surface area contributed by atoms with Gasteiger partial charge in [-0.25, -0.2) is 4.98 Å². The zero-order chi connectivity index (χ0) is 15.6. The smallest absolute Gasteiger partial charge is 0.242 e. The SMILES string of the molecule is CCc1nc(CN2CCN(C(=O)C3(N)CCCC3)CC2)cs1.Cl.Cl. The highest BCUT2D eigenvalue weighted by atomic mass is 35.5. The van der Waals surface area contributed by atoms with Crippen molar-refractivity contribution in [1.29, 1.82) is 0 Å². The van der Waals surface area contributed by atoms with E-state index < -0.39 is 5.54 Å². The molecule has 0 bridgehead atoms. The molecule has 3 rings (SSSR count). The lowest BCUT2D eigenvalue weighted by atomic mass is 9.97. The fourth-order valence-corrected chi connectivity index (χ4v) is 4.19. The minimum absolute atomic E-state index is 0. The molecule has 1 aliphatic heterocycles. The summed E-state index contributed by atoms with van der Waals surface area (Å²) in [5.74, 6) is 0.173. The first kappa shape index (κ1) is 21.6. The Kier molecular flexibility index (Phi) is 8.42. The van der Waals surface area contributed by atoms with Gasteiger partial charge in [0.15, 0.2) is 0 Å². The summed E-state index contributed by atoms with van der Waals surface area (Å²) in [4.78, 5) is 21.6. The van der Waals surface area contributed by atoms with E-state index in [1.807, 2.05) is 4.90 Å². The van der Waals surface area contributed by atoms with E-state index in [1.54, 1.807) is 11.3 Å². The Labute approximate surface area is 160 Å². The summed E-state index contributed by atoms with van der Waals surface area (Å²) < 4.78 is 0. The minimum Gasteiger partial charge on any atom is -0.339 e. The maximum atomic E-state index is 12.6. The standard InChI is InChI=1S/C16H26N4OS.2ClH/c1-2-14-18-13(12-22-14)11-19-7-9-20(10-8-19)15(21)16(17)5-3-4-6-16;;/h12H,2-11,17H2,1H3;2*1H. The van der Waals surface area contributed by atoms with Gasteiger partial charge in [-0.2, -0.15) is 0 Å². The van der Waals surface area contributed by atoms with Crippen LogP contribution in [-0.4, -0.2) is 52.4 Å². The van der Waals surface area contributed by atoms with Crippen molar-refractivity contribution in [2.24, 2.45) is 5.73 Å². The molecule has 1 aliphatic carbocycles. The Bertz CT molecular complexity index is 526. The molecule has 2 N–H and O–H groups in total. The van der Waals surface area contributed by atoms with Gasteiger partial charge in [0.1, 0.15) is 0 Å². The van der Waals surface area contributed by atoms with Gasteiger partial charge < -0.3 is 10.6 Å². The summed E-state index contributed by atoms with van der Waals surface area (Å²) in [6, 6.07) is 0. The number of aromatic nitrogens is 1. The molecule has 0 aromatic carbocycles. The number of carbonyl (C=O) groups is 1. The van der Waals surface area contributed by atoms with Crippen molar-refractivity contribution in [1.82, 2.24) is 14.8 Å². The largest absolute Gasteiger partial charge is 0.339 e. The highest BCUT2D eigenvalue weighted by molar-refractivity contribution is 7.09. The second kappa shape index (κ2) is 9.34. The third-order valence-electron chi connectivity index (χ3n) is 4.87. The number of aryl methyl sites for hydroxylation is 1. The number of amides is 1. The van der Waals surface area contributed by atoms with Gasteiger partial charge in [-0.05, 0) is 19.3 Å². The zero-order valence-electron chi connectivity index (χ0n) is 14.2. The summed E-state index contributed by atoms with van der Waals surface area (Å²) in [6.07, 6.45) is 4.89. The van der Waals surface area contributed by atoms with Gasteiger partial charge in [-0.15, -0.1) is 36.2 Å². The summed E-state index contributed by atoms with van der Waals surface area (Å²) >= 11 is 1.74. The van der Waals surface area contributed by atoms with Crippen molar-refractivity contribution in [3.8, 4) is 0 Å². The Hall–Kier alpha value is -0.400. The lowest BCUT2D eigenvalue weighted by Gasteiger charge is -2.38. The first-order chi connectivity index (χ1) is 10.6. The molecule has 1 amide bonds. The van der Waals surface area contributed by atoms with E-state index in [4.69, 9.17) is 5.73 Å². The molecule has 0 unspecified atom stereocenters. The molecule has 0 radical (unpaired) electrons. The van der Waals surface area contributed by atoms with Crippen molar-refractivity contribution in [2.75, 3.05) is 26.2 Å². The fourth-order valence-electron chi connectivity index (χ4n) is 3.46. The Morgan fingerprint density at radius 3 is 2.42 bits per heavy atom. The summed E-state index contributed by atoms with van der Waals surface area (Å²) in [7, 11) is 0. The quantitative estimate of drug-likeness (QED) is 0.851. The van der Waals surface area contributed by atoms with Crippen LogP contribution >= 0.6 is 36.2 Å². The maximum Gasteiger partial charge on any atom is 0.242 e. The molecular weight excluding hydrogens is 367 g/mol. The predicted octanol–water partition coefficient (Wildman–Crippen LogP) is 2.46. The molecule has 2 fully saturated rings. The second-order valence-corrected chi connectivity index (χ2v) is 7.46. The van der Waals surface area contributed by atoms with Crippen LogP contribution in [0.2, 0.25) is 0 Å². The molecule has 1 saturated heterocycles. The molecule has 24 heavy (non-hydrogen) atoms. The van der Waals surface area contributed by atoms with Crippen molar-refractivity contribution in [2.45, 2.75) is 51.1 Å². The first-order valence-corrected chi connectivity index (χ1v) is 9.22. The zero-order valence-corrected chi connectivity index (χ0v) is 16.6. The van der Waals surface area contributed by atoms with E-state index in [0.717, 1.165) is 70.5 Å². The van der Waals surface area contributed by atoms with Crippen LogP contribution in [0.4, 0.5) is 0 Å². The normalized spacial score (nSPS) is 20.3. The molecular formula is C16H28Cl2N4OS. The van der Waals surface area contributed by atoms with Gasteiger partial charge in [0.05, 0.1) is 16.2 Å². The van der Waals surface area contributed by atoms with Crippen LogP contribution in [0.5, 0.6) is 0 Å². The molecule has 1 saturated carbocycles. The molecule has 5 nitrogen and oxygen atoms in total. The second-order valence-electron chi connectivity index (χ2n) is 6.52. The monoisotopic (exact) mass is 394 g/mol. The maximum absolute atomic E-state index is 12.6. The number of nitrogens with two attached hydrogens (primary N) is 1. The molecule has 138 valence electrons. The number of piperazine rings is 1. The Morgan fingerprint density at radius 2 is 1.88 bits per heavy atom. The highest BCUT2D eigenvalue weighted by Gasteiger charge is 2.40. The molecule has 2 aliphatic rings. The molecule has 1 aromatic heterocycles. The number of nitrogens with zero attached hydrogens (tertiary/aromatic N) is 3. The lowest BCUT2D eigenvalue weighted by molar-refractivity contribution is -0.138. The van der Waals surface area contributed by atoms with Crippen molar-refractivity contribution < 1.29 is 4.79 Å². The number of rotatable bonds is 4. The van der Waals surface area contributed by atoms with Crippen LogP contribution < -0.4 is 5.73 Å². The van der Waals surface area contributed by atoms with Crippen molar-refractivity contribution in [3.05, 3.63) is 16.1 Å². The molecule has 0 spiro atoms. The number of halogens is 2. The summed E-state index contributed by atoms with van der Waals surface area (Å²) in [5, 5.41) is 3.36. The van der Waals surface area contributed by atoms with Crippen molar-refractivity contribution in [3.63, 3.8) is 0 Å². The van der Waals surface area contributed by atoms with E-state index >= 15 is 0 Å². The van der Waals surface area contributed by atoms with Gasteiger partial charge in [0.25, 0.3) is 0 Å². The van der Waals surface area contributed by atoms with E-state index in [9.17, 15) is 4.79 Å². The fraction of sp³-hybridized carbons (Fsp3) is 0.750. The van der Waals surface area contributed by atoms with Crippen LogP contribution in [0.1, 0.15) is 43.3 Å². The van der Waals surface area contributed by atoms with Crippen LogP contribution in [0.15, 0.2) is 5.38 Å². The number of thiazole rings is 1. The lowest BCUT2D eigenvalue weighted by Crippen LogP contribution is -2.58. The Morgan fingerprint density at radius 1 is 1.25 bits per heavy atom. The van der Waals surface area contributed by atoms with E-state index in [2.05, 4.69) is 22.2 Å². The van der Waals surface area contributed by atoms with Crippen LogP contribution in [0, 0.1) is 0 Å². The third kappa shape index (κ3) is 4.82. The van der Waals surface area contributed by atoms with Gasteiger partial charge in [0, 0.05) is 38.1 Å². The van der Waals surface area contributed by atoms with Crippen LogP contribution in [0.25, 0.3) is 0 Å². The van der Waals surface area contributed by atoms with E-state index in [1.165, 1.54) is 5.01 Å². The third-order valence-corrected chi connectivity index (χ3v) is 5.91. The molecule has 2 heterocycles. The van der Waals surface area contributed by atoms with E-state index in [-0.39, 0.29) is 30.7 Å². The topological polar surface area (TPSA) is 62.5 Å². The first-order valence-electron chi connectivity index (χ1n) is 8.34. The molecule has 0 atom stereocenters. The predicted molar refractivity (Wildman–Crippen MR) is 103 cm³/mol. The summed E-state index contributed by atoms with van der Waals surface area (Å²) in [5.41, 5.74) is 6.88. The molecule has 8 heteroatoms. The minimum atomic E-state index is -0.576. The van der Waals surface area contributed by atoms with Gasteiger partial charge in [0.2, 0.25) is 5.91 Å². The van der Waals surface area contributed by atoms with Gasteiger partial charge in [-0.3, -0.25) is 9.69 Å². The summed E-state index contributed by atoms with van der Waals surface area (Å²) in [6.45, 7) is 6.46.